The molecule has 20 heavy (non-hydrogen) atoms. The molecule has 0 atom stereocenters. The van der Waals surface area contributed by atoms with Crippen molar-refractivity contribution in [3.05, 3.63) is 59.2 Å². The van der Waals surface area contributed by atoms with Crippen molar-refractivity contribution < 1.29 is 4.74 Å². The van der Waals surface area contributed by atoms with Gasteiger partial charge >= 0.3 is 0 Å². The third-order valence-corrected chi connectivity index (χ3v) is 3.18. The third-order valence-electron chi connectivity index (χ3n) is 3.18. The van der Waals surface area contributed by atoms with Gasteiger partial charge in [-0.05, 0) is 35.2 Å². The Hall–Kier alpha value is -2.47. The van der Waals surface area contributed by atoms with E-state index in [1.807, 2.05) is 0 Å². The molecule has 0 fully saturated rings. The molecule has 0 aliphatic rings. The van der Waals surface area contributed by atoms with Gasteiger partial charge in [0.15, 0.2) is 0 Å². The lowest BCUT2D eigenvalue weighted by atomic mass is 10.0. The molecule has 2 N–H and O–H groups in total. The predicted molar refractivity (Wildman–Crippen MR) is 80.4 cm³/mol. The van der Waals surface area contributed by atoms with Crippen molar-refractivity contribution in [3.8, 4) is 11.8 Å². The molecule has 0 saturated heterocycles. The normalized spacial score (nSPS) is 10.3. The summed E-state index contributed by atoms with van der Waals surface area (Å²) in [6, 6.07) is 15.5. The molecule has 2 aromatic carbocycles. The third kappa shape index (κ3) is 3.30. The lowest BCUT2D eigenvalue weighted by Gasteiger charge is -2.10. The predicted octanol–water partition coefficient (Wildman–Crippen LogP) is 3.84. The Bertz CT molecular complexity index is 624. The van der Waals surface area contributed by atoms with E-state index in [1.165, 1.54) is 5.56 Å². The minimum Gasteiger partial charge on any atom is -0.487 e. The largest absolute Gasteiger partial charge is 0.487 e. The number of nitrogens with two attached hydrogens (primary N) is 1. The van der Waals surface area contributed by atoms with Crippen LogP contribution in [0.5, 0.6) is 5.75 Å². The maximum Gasteiger partial charge on any atom is 0.142 e. The van der Waals surface area contributed by atoms with Gasteiger partial charge in [0.2, 0.25) is 0 Å². The zero-order chi connectivity index (χ0) is 14.5. The standard InChI is InChI=1S/C17H18N2O/c1-12(2)15-6-3-13(4-7-15)11-20-17-8-5-14(10-18)9-16(17)19/h3-9,12H,11,19H2,1-2H3. The van der Waals surface area contributed by atoms with E-state index in [1.54, 1.807) is 18.2 Å². The molecule has 0 bridgehead atoms. The highest BCUT2D eigenvalue weighted by Crippen LogP contribution is 2.23. The highest BCUT2D eigenvalue weighted by molar-refractivity contribution is 5.56. The number of anilines is 1. The highest BCUT2D eigenvalue weighted by Gasteiger charge is 2.03. The summed E-state index contributed by atoms with van der Waals surface area (Å²) in [5.41, 5.74) is 9.28. The van der Waals surface area contributed by atoms with Gasteiger partial charge in [-0.2, -0.15) is 5.26 Å². The smallest absolute Gasteiger partial charge is 0.142 e. The number of nitrogen functional groups attached to an aromatic ring is 1. The van der Waals surface area contributed by atoms with Crippen LogP contribution >= 0.6 is 0 Å². The monoisotopic (exact) mass is 266 g/mol. The average molecular weight is 266 g/mol. The topological polar surface area (TPSA) is 59.0 Å². The minimum absolute atomic E-state index is 0.467. The van der Waals surface area contributed by atoms with E-state index in [2.05, 4.69) is 44.2 Å². The van der Waals surface area contributed by atoms with Crippen LogP contribution in [0.3, 0.4) is 0 Å². The Morgan fingerprint density at radius 2 is 1.85 bits per heavy atom. The molecule has 0 spiro atoms. The van der Waals surface area contributed by atoms with Gasteiger partial charge in [0.05, 0.1) is 17.3 Å². The van der Waals surface area contributed by atoms with Crippen LogP contribution in [0, 0.1) is 11.3 Å². The number of hydrogen-bond donors (Lipinski definition) is 1. The molecular formula is C17H18N2O. The molecule has 3 nitrogen and oxygen atoms in total. The van der Waals surface area contributed by atoms with Gasteiger partial charge in [-0.25, -0.2) is 0 Å². The Labute approximate surface area is 119 Å². The van der Waals surface area contributed by atoms with Gasteiger partial charge in [0.25, 0.3) is 0 Å². The minimum atomic E-state index is 0.467. The van der Waals surface area contributed by atoms with Gasteiger partial charge in [0.1, 0.15) is 12.4 Å². The molecule has 2 aromatic rings. The van der Waals surface area contributed by atoms with Crippen LogP contribution in [0.1, 0.15) is 36.5 Å². The Kier molecular flexibility index (Phi) is 4.27. The van der Waals surface area contributed by atoms with E-state index in [9.17, 15) is 0 Å². The van der Waals surface area contributed by atoms with Gasteiger partial charge < -0.3 is 10.5 Å². The van der Waals surface area contributed by atoms with Crippen molar-refractivity contribution in [2.75, 3.05) is 5.73 Å². The summed E-state index contributed by atoms with van der Waals surface area (Å²) in [6.07, 6.45) is 0. The van der Waals surface area contributed by atoms with E-state index in [0.29, 0.717) is 29.5 Å². The number of rotatable bonds is 4. The fourth-order valence-corrected chi connectivity index (χ4v) is 1.91. The SMILES string of the molecule is CC(C)c1ccc(COc2ccc(C#N)cc2N)cc1. The maximum absolute atomic E-state index is 8.79. The zero-order valence-corrected chi connectivity index (χ0v) is 11.8. The van der Waals surface area contributed by atoms with Gasteiger partial charge in [0, 0.05) is 0 Å². The highest BCUT2D eigenvalue weighted by atomic mass is 16.5. The molecule has 0 unspecified atom stereocenters. The van der Waals surface area contributed by atoms with E-state index in [-0.39, 0.29) is 0 Å². The molecule has 3 heteroatoms. The zero-order valence-electron chi connectivity index (χ0n) is 11.8. The van der Waals surface area contributed by atoms with E-state index in [0.717, 1.165) is 5.56 Å². The van der Waals surface area contributed by atoms with Crippen molar-refractivity contribution in [2.45, 2.75) is 26.4 Å². The first-order valence-corrected chi connectivity index (χ1v) is 6.61. The molecule has 2 rings (SSSR count). The number of ether oxygens (including phenoxy) is 1. The Morgan fingerprint density at radius 1 is 1.15 bits per heavy atom. The maximum atomic E-state index is 8.79. The molecule has 0 heterocycles. The second-order valence-electron chi connectivity index (χ2n) is 5.05. The van der Waals surface area contributed by atoms with Crippen LogP contribution in [0.4, 0.5) is 5.69 Å². The number of hydrogen-bond acceptors (Lipinski definition) is 3. The summed E-state index contributed by atoms with van der Waals surface area (Å²) in [7, 11) is 0. The first-order chi connectivity index (χ1) is 9.60. The number of nitriles is 1. The van der Waals surface area contributed by atoms with Crippen LogP contribution in [-0.4, -0.2) is 0 Å². The van der Waals surface area contributed by atoms with E-state index >= 15 is 0 Å². The first-order valence-electron chi connectivity index (χ1n) is 6.61. The summed E-state index contributed by atoms with van der Waals surface area (Å²) in [4.78, 5) is 0. The second kappa shape index (κ2) is 6.12. The molecule has 0 aliphatic heterocycles. The fraction of sp³-hybridized carbons (Fsp3) is 0.235. The van der Waals surface area contributed by atoms with Crippen LogP contribution in [0.2, 0.25) is 0 Å². The quantitative estimate of drug-likeness (QED) is 0.855. The average Bonchev–Trinajstić information content (AvgIpc) is 2.46. The molecule has 102 valence electrons. The van der Waals surface area contributed by atoms with Crippen molar-refractivity contribution in [1.29, 1.82) is 5.26 Å². The van der Waals surface area contributed by atoms with Crippen molar-refractivity contribution >= 4 is 5.69 Å². The summed E-state index contributed by atoms with van der Waals surface area (Å²) in [6.45, 7) is 4.81. The van der Waals surface area contributed by atoms with Gasteiger partial charge in [-0.3, -0.25) is 0 Å². The van der Waals surface area contributed by atoms with Crippen LogP contribution in [0.25, 0.3) is 0 Å². The second-order valence-corrected chi connectivity index (χ2v) is 5.05. The van der Waals surface area contributed by atoms with Crippen molar-refractivity contribution in [1.82, 2.24) is 0 Å². The fourth-order valence-electron chi connectivity index (χ4n) is 1.91. The van der Waals surface area contributed by atoms with Crippen LogP contribution < -0.4 is 10.5 Å². The first kappa shape index (κ1) is 14.0. The van der Waals surface area contributed by atoms with Gasteiger partial charge in [-0.15, -0.1) is 0 Å². The molecule has 0 radical (unpaired) electrons. The van der Waals surface area contributed by atoms with Crippen LogP contribution in [0.15, 0.2) is 42.5 Å². The number of nitrogens with zero attached hydrogens (tertiary/aromatic N) is 1. The molecule has 0 amide bonds. The van der Waals surface area contributed by atoms with E-state index in [4.69, 9.17) is 15.7 Å². The molecule has 0 saturated carbocycles. The molecule has 0 aromatic heterocycles. The summed E-state index contributed by atoms with van der Waals surface area (Å²) in [5.74, 6) is 1.14. The summed E-state index contributed by atoms with van der Waals surface area (Å²) in [5, 5.41) is 8.79. The number of benzene rings is 2. The Balaban J connectivity index is 2.03. The molecular weight excluding hydrogens is 248 g/mol. The van der Waals surface area contributed by atoms with Gasteiger partial charge in [-0.1, -0.05) is 38.1 Å². The van der Waals surface area contributed by atoms with E-state index < -0.39 is 0 Å². The molecule has 0 aliphatic carbocycles. The van der Waals surface area contributed by atoms with Crippen molar-refractivity contribution in [2.24, 2.45) is 0 Å². The summed E-state index contributed by atoms with van der Waals surface area (Å²) >= 11 is 0. The lowest BCUT2D eigenvalue weighted by molar-refractivity contribution is 0.308. The van der Waals surface area contributed by atoms with Crippen LogP contribution in [-0.2, 0) is 6.61 Å². The lowest BCUT2D eigenvalue weighted by Crippen LogP contribution is -1.99. The summed E-state index contributed by atoms with van der Waals surface area (Å²) < 4.78 is 5.69. The Morgan fingerprint density at radius 3 is 2.40 bits per heavy atom. The van der Waals surface area contributed by atoms with Crippen molar-refractivity contribution in [3.63, 3.8) is 0 Å².